The number of carbonyl (C=O) groups is 1. The number of ether oxygens (including phenoxy) is 1. The van der Waals surface area contributed by atoms with Crippen LogP contribution in [0, 0.1) is 5.92 Å². The Bertz CT molecular complexity index is 270. The molecule has 0 aromatic rings. The highest BCUT2D eigenvalue weighted by Crippen LogP contribution is 2.38. The zero-order valence-corrected chi connectivity index (χ0v) is 11.9. The van der Waals surface area contributed by atoms with Gasteiger partial charge in [-0.15, -0.1) is 0 Å². The van der Waals surface area contributed by atoms with Crippen molar-refractivity contribution in [3.05, 3.63) is 0 Å². The summed E-state index contributed by atoms with van der Waals surface area (Å²) in [5.41, 5.74) is -0.715. The number of hydrogen-bond acceptors (Lipinski definition) is 3. The molecule has 0 heterocycles. The molecule has 1 saturated carbocycles. The minimum atomic E-state index is -0.715. The lowest BCUT2D eigenvalue weighted by molar-refractivity contribution is -0.147. The summed E-state index contributed by atoms with van der Waals surface area (Å²) in [6.07, 6.45) is 4.83. The van der Waals surface area contributed by atoms with Gasteiger partial charge in [0.2, 0.25) is 0 Å². The van der Waals surface area contributed by atoms with Gasteiger partial charge in [0, 0.05) is 6.61 Å². The molecule has 1 aliphatic rings. The smallest absolute Gasteiger partial charge is 0.324 e. The van der Waals surface area contributed by atoms with E-state index in [0.29, 0.717) is 13.2 Å². The van der Waals surface area contributed by atoms with Gasteiger partial charge >= 0.3 is 5.97 Å². The second-order valence-electron chi connectivity index (χ2n) is 5.27. The summed E-state index contributed by atoms with van der Waals surface area (Å²) in [5.74, 6) is -0.505. The third-order valence-electron chi connectivity index (χ3n) is 4.14. The number of rotatable bonds is 8. The van der Waals surface area contributed by atoms with Crippen molar-refractivity contribution in [3.8, 4) is 0 Å². The molecule has 0 aromatic carbocycles. The molecule has 2 N–H and O–H groups in total. The van der Waals surface area contributed by atoms with Crippen LogP contribution in [-0.4, -0.2) is 35.9 Å². The Kier molecular flexibility index (Phi) is 6.09. The zero-order chi connectivity index (χ0) is 13.6. The first-order valence-corrected chi connectivity index (χ1v) is 7.16. The molecule has 3 atom stereocenters. The van der Waals surface area contributed by atoms with Crippen LogP contribution >= 0.6 is 0 Å². The van der Waals surface area contributed by atoms with E-state index in [1.165, 1.54) is 0 Å². The standard InChI is InChI=1S/C14H27NO3/c1-4-11(3)18-10-8-12-7-6-9-14(12,13(16)17)15-5-2/h11-12,15H,4-10H2,1-3H3,(H,16,17). The number of aliphatic carboxylic acids is 1. The molecular weight excluding hydrogens is 230 g/mol. The molecule has 0 amide bonds. The average molecular weight is 257 g/mol. The molecule has 0 aliphatic heterocycles. The Morgan fingerprint density at radius 1 is 1.56 bits per heavy atom. The fourth-order valence-corrected chi connectivity index (χ4v) is 2.90. The lowest BCUT2D eigenvalue weighted by Gasteiger charge is -2.32. The number of hydrogen-bond donors (Lipinski definition) is 2. The van der Waals surface area contributed by atoms with Gasteiger partial charge in [-0.2, -0.15) is 0 Å². The highest BCUT2D eigenvalue weighted by Gasteiger charge is 2.48. The Balaban J connectivity index is 2.54. The summed E-state index contributed by atoms with van der Waals surface area (Å²) >= 11 is 0. The number of carboxylic acids is 1. The summed E-state index contributed by atoms with van der Waals surface area (Å²) in [6.45, 7) is 7.49. The topological polar surface area (TPSA) is 58.6 Å². The van der Waals surface area contributed by atoms with Gasteiger partial charge in [0.1, 0.15) is 5.54 Å². The van der Waals surface area contributed by atoms with E-state index in [1.54, 1.807) is 0 Å². The van der Waals surface area contributed by atoms with Crippen LogP contribution in [0.15, 0.2) is 0 Å². The summed E-state index contributed by atoms with van der Waals surface area (Å²) in [5, 5.41) is 12.7. The number of nitrogens with one attached hydrogen (secondary N) is 1. The molecule has 4 heteroatoms. The molecule has 0 radical (unpaired) electrons. The van der Waals surface area contributed by atoms with Crippen LogP contribution in [0.5, 0.6) is 0 Å². The summed E-state index contributed by atoms with van der Waals surface area (Å²) < 4.78 is 5.68. The van der Waals surface area contributed by atoms with Crippen molar-refractivity contribution < 1.29 is 14.6 Å². The van der Waals surface area contributed by atoms with Crippen LogP contribution in [0.3, 0.4) is 0 Å². The maximum absolute atomic E-state index is 11.6. The Hall–Kier alpha value is -0.610. The van der Waals surface area contributed by atoms with Crippen LogP contribution in [0.1, 0.15) is 52.9 Å². The second kappa shape index (κ2) is 7.10. The third-order valence-corrected chi connectivity index (χ3v) is 4.14. The molecule has 1 rings (SSSR count). The molecular formula is C14H27NO3. The molecule has 1 fully saturated rings. The highest BCUT2D eigenvalue weighted by atomic mass is 16.5. The molecule has 0 saturated heterocycles. The first-order chi connectivity index (χ1) is 8.56. The fraction of sp³-hybridized carbons (Fsp3) is 0.929. The molecule has 3 unspecified atom stereocenters. The average Bonchev–Trinajstić information content (AvgIpc) is 2.74. The van der Waals surface area contributed by atoms with Crippen LogP contribution in [0.25, 0.3) is 0 Å². The Labute approximate surface area is 110 Å². The zero-order valence-electron chi connectivity index (χ0n) is 11.9. The van der Waals surface area contributed by atoms with Gasteiger partial charge < -0.3 is 15.2 Å². The number of likely N-dealkylation sites (N-methyl/N-ethyl adjacent to an activating group) is 1. The van der Waals surface area contributed by atoms with Crippen molar-refractivity contribution in [2.24, 2.45) is 5.92 Å². The van der Waals surface area contributed by atoms with Crippen molar-refractivity contribution in [2.45, 2.75) is 64.5 Å². The van der Waals surface area contributed by atoms with Gasteiger partial charge in [-0.05, 0) is 45.1 Å². The van der Waals surface area contributed by atoms with E-state index in [0.717, 1.165) is 32.1 Å². The lowest BCUT2D eigenvalue weighted by Crippen LogP contribution is -2.55. The predicted molar refractivity (Wildman–Crippen MR) is 71.7 cm³/mol. The van der Waals surface area contributed by atoms with Crippen LogP contribution in [0.4, 0.5) is 0 Å². The second-order valence-corrected chi connectivity index (χ2v) is 5.27. The van der Waals surface area contributed by atoms with E-state index in [9.17, 15) is 9.90 Å². The van der Waals surface area contributed by atoms with Gasteiger partial charge in [0.05, 0.1) is 6.10 Å². The van der Waals surface area contributed by atoms with Crippen molar-refractivity contribution in [2.75, 3.05) is 13.2 Å². The van der Waals surface area contributed by atoms with E-state index in [1.807, 2.05) is 6.92 Å². The monoisotopic (exact) mass is 257 g/mol. The van der Waals surface area contributed by atoms with Crippen LogP contribution in [0.2, 0.25) is 0 Å². The summed E-state index contributed by atoms with van der Waals surface area (Å²) in [7, 11) is 0. The van der Waals surface area contributed by atoms with Gasteiger partial charge in [-0.3, -0.25) is 4.79 Å². The van der Waals surface area contributed by atoms with Gasteiger partial charge in [-0.25, -0.2) is 0 Å². The predicted octanol–water partition coefficient (Wildman–Crippen LogP) is 2.42. The molecule has 0 bridgehead atoms. The first-order valence-electron chi connectivity index (χ1n) is 7.16. The largest absolute Gasteiger partial charge is 0.480 e. The molecule has 106 valence electrons. The fourth-order valence-electron chi connectivity index (χ4n) is 2.90. The molecule has 0 aromatic heterocycles. The molecule has 0 spiro atoms. The Morgan fingerprint density at radius 2 is 2.28 bits per heavy atom. The van der Waals surface area contributed by atoms with E-state index in [4.69, 9.17) is 4.74 Å². The molecule has 18 heavy (non-hydrogen) atoms. The Morgan fingerprint density at radius 3 is 2.83 bits per heavy atom. The third kappa shape index (κ3) is 3.45. The first kappa shape index (κ1) is 15.4. The maximum Gasteiger partial charge on any atom is 0.324 e. The molecule has 4 nitrogen and oxygen atoms in total. The minimum Gasteiger partial charge on any atom is -0.480 e. The van der Waals surface area contributed by atoms with E-state index < -0.39 is 11.5 Å². The molecule has 1 aliphatic carbocycles. The minimum absolute atomic E-state index is 0.194. The van der Waals surface area contributed by atoms with Crippen molar-refractivity contribution >= 4 is 5.97 Å². The van der Waals surface area contributed by atoms with Crippen molar-refractivity contribution in [3.63, 3.8) is 0 Å². The van der Waals surface area contributed by atoms with Gasteiger partial charge in [-0.1, -0.05) is 20.3 Å². The normalized spacial score (nSPS) is 29.4. The number of carboxylic acid groups (broad SMARTS) is 1. The summed E-state index contributed by atoms with van der Waals surface area (Å²) in [4.78, 5) is 11.6. The van der Waals surface area contributed by atoms with Crippen LogP contribution < -0.4 is 5.32 Å². The maximum atomic E-state index is 11.6. The lowest BCUT2D eigenvalue weighted by atomic mass is 9.84. The quantitative estimate of drug-likeness (QED) is 0.701. The van der Waals surface area contributed by atoms with Gasteiger partial charge in [0.15, 0.2) is 0 Å². The van der Waals surface area contributed by atoms with Crippen molar-refractivity contribution in [1.82, 2.24) is 5.32 Å². The van der Waals surface area contributed by atoms with E-state index in [2.05, 4.69) is 19.2 Å². The van der Waals surface area contributed by atoms with Crippen molar-refractivity contribution in [1.29, 1.82) is 0 Å². The van der Waals surface area contributed by atoms with Crippen LogP contribution in [-0.2, 0) is 9.53 Å². The SMILES string of the molecule is CCNC1(C(=O)O)CCCC1CCOC(C)CC. The highest BCUT2D eigenvalue weighted by molar-refractivity contribution is 5.79. The van der Waals surface area contributed by atoms with Gasteiger partial charge in [0.25, 0.3) is 0 Å². The summed E-state index contributed by atoms with van der Waals surface area (Å²) in [6, 6.07) is 0. The van der Waals surface area contributed by atoms with E-state index >= 15 is 0 Å². The van der Waals surface area contributed by atoms with E-state index in [-0.39, 0.29) is 12.0 Å².